The van der Waals surface area contributed by atoms with Crippen molar-refractivity contribution in [1.29, 1.82) is 0 Å². The fourth-order valence-electron chi connectivity index (χ4n) is 5.11. The Balaban J connectivity index is -0.0000000618. The molecule has 0 heterocycles. The minimum atomic E-state index is 0. The average Bonchev–Trinajstić information content (AvgIpc) is 0.969. The number of aliphatic imine (C=N–C) groups is 24. The van der Waals surface area contributed by atoms with Crippen LogP contribution < -0.4 is 0 Å². The molecule has 124 heavy (non-hydrogen) atoms. The van der Waals surface area contributed by atoms with Gasteiger partial charge in [0, 0.05) is 380 Å². The zero-order chi connectivity index (χ0) is 93.3. The van der Waals surface area contributed by atoms with E-state index in [2.05, 4.69) is 300 Å². The van der Waals surface area contributed by atoms with Crippen molar-refractivity contribution < 1.29 is 102 Å². The van der Waals surface area contributed by atoms with Crippen molar-refractivity contribution in [2.45, 2.75) is 384 Å². The molecule has 0 fully saturated rings. The largest absolute Gasteiger partial charge is 0.295 e. The molecule has 30 heteroatoms. The molecule has 0 aliphatic carbocycles. The maximum absolute atomic E-state index is 4.29. The normalized spacial score (nSPS) is 13.1. The Kier molecular flexibility index (Phi) is 179. The Hall–Kier alpha value is -4.80. The number of hydrogen-bond acceptors (Lipinski definition) is 24. The van der Waals surface area contributed by atoms with E-state index in [4.69, 9.17) is 0 Å². The van der Waals surface area contributed by atoms with Gasteiger partial charge in [0.25, 0.3) is 0 Å². The SMILES string of the molecule is CC(C)(C)N=CC=NC(C)(C)C.CC(C)(C)N=CC=NC(C)(C)C.CC(C)N=CC=NC(C)C.CC(C)N=CC=NC(C)C.CCC(C)N=CC=NC(C)CC.CCC(C)N=CC=NC(C)CC.CCCN=CC=NCCC.CCCN=CC=NCCC.CCCN=CC=NCCC.CCN=CC=NCC.CN=CC=NC.CN=CC=NC.[Cu].[Cu].[Cu].[Cu].[Cu].[Cu]. The smallest absolute Gasteiger partial charge is 0.0524 e. The van der Waals surface area contributed by atoms with Crippen molar-refractivity contribution in [3.63, 3.8) is 0 Å². The van der Waals surface area contributed by atoms with Crippen LogP contribution >= 0.6 is 0 Å². The van der Waals surface area contributed by atoms with Gasteiger partial charge in [-0.05, 0) is 244 Å². The summed E-state index contributed by atoms with van der Waals surface area (Å²) in [6.45, 7) is 81.9. The van der Waals surface area contributed by atoms with E-state index in [1.165, 1.54) is 0 Å². The summed E-state index contributed by atoms with van der Waals surface area (Å²) in [7, 11) is 6.84. The third-order valence-electron chi connectivity index (χ3n) is 11.8. The molecule has 0 aliphatic heterocycles. The monoisotopic (exact) mass is 2030 g/mol. The Labute approximate surface area is 829 Å². The molecule has 4 atom stereocenters. The van der Waals surface area contributed by atoms with Gasteiger partial charge >= 0.3 is 0 Å². The standard InChI is InChI=1S/4C10H20N2.5C8H16N2.C6H12N2.2C4H8N2.6Cu/c2*1-9(2,3)11-7-8-12-10(4,5)6;2*1-5-9(3)11-7-8-12-10(4)6-2;2*1-7(2)9-5-6-10-8(3)4;3*1-3-5-9-7-8-10-6-4-2;1-3-7-5-6-8-4-2;2*1-5-3-4-6-2;;;;;;/h2*7-8H,1-6H3;2*7-10H,5-6H2,1-4H3;2*5-8H,1-4H3;3*7-8H,3-6H2,1-2H3;5-6H,3-4H2,1-2H3;2*3-4H,1-2H3;;;;;;. The van der Waals surface area contributed by atoms with Crippen LogP contribution in [0.5, 0.6) is 0 Å². The van der Waals surface area contributed by atoms with Crippen molar-refractivity contribution >= 4 is 149 Å². The molecule has 0 amide bonds. The Morgan fingerprint density at radius 1 is 0.185 bits per heavy atom. The zero-order valence-electron chi connectivity index (χ0n) is 85.7. The van der Waals surface area contributed by atoms with Crippen LogP contribution in [0.25, 0.3) is 0 Å². The minimum Gasteiger partial charge on any atom is -0.295 e. The van der Waals surface area contributed by atoms with Crippen LogP contribution in [0, 0.1) is 0 Å². The molecule has 0 aromatic carbocycles. The first kappa shape index (κ1) is 163. The first-order valence-corrected chi connectivity index (χ1v) is 43.5. The molecule has 0 aromatic heterocycles. The predicted octanol–water partition coefficient (Wildman–Crippen LogP) is 22.6. The van der Waals surface area contributed by atoms with Crippen molar-refractivity contribution in [3.05, 3.63) is 0 Å². The van der Waals surface area contributed by atoms with Crippen LogP contribution in [0.2, 0.25) is 0 Å². The molecule has 0 aliphatic rings. The number of hydrogen-bond donors (Lipinski definition) is 0. The van der Waals surface area contributed by atoms with Gasteiger partial charge in [-0.2, -0.15) is 0 Å². The summed E-state index contributed by atoms with van der Waals surface area (Å²) in [6, 6.07) is 3.19. The van der Waals surface area contributed by atoms with E-state index in [1.807, 2.05) is 69.2 Å². The van der Waals surface area contributed by atoms with Crippen LogP contribution in [0.15, 0.2) is 120 Å². The second-order valence-corrected chi connectivity index (χ2v) is 30.8. The summed E-state index contributed by atoms with van der Waals surface area (Å²) in [5.74, 6) is 0. The molecule has 750 valence electrons. The van der Waals surface area contributed by atoms with Crippen LogP contribution in [-0.4, -0.2) is 300 Å². The van der Waals surface area contributed by atoms with Gasteiger partial charge in [-0.15, -0.1) is 0 Å². The van der Waals surface area contributed by atoms with Gasteiger partial charge in [-0.25, -0.2) is 0 Å². The third-order valence-corrected chi connectivity index (χ3v) is 11.8. The number of nitrogens with zero attached hydrogens (tertiary/aromatic N) is 24. The van der Waals surface area contributed by atoms with E-state index >= 15 is 0 Å². The first-order valence-electron chi connectivity index (χ1n) is 43.5. The van der Waals surface area contributed by atoms with Crippen LogP contribution in [0.4, 0.5) is 0 Å². The second-order valence-electron chi connectivity index (χ2n) is 30.8. The molecule has 0 bridgehead atoms. The molecule has 0 saturated heterocycles. The van der Waals surface area contributed by atoms with E-state index in [9.17, 15) is 0 Å². The fraction of sp³-hybridized carbons (Fsp3) is 0.745. The van der Waals surface area contributed by atoms with E-state index in [-0.39, 0.29) is 125 Å². The zero-order valence-corrected chi connectivity index (χ0v) is 91.4. The summed E-state index contributed by atoms with van der Waals surface area (Å²) in [5.41, 5.74) is 0.0155. The maximum atomic E-state index is 4.29. The second kappa shape index (κ2) is 136. The predicted molar refractivity (Wildman–Crippen MR) is 558 cm³/mol. The van der Waals surface area contributed by atoms with Gasteiger partial charge in [-0.1, -0.05) is 69.2 Å². The molecule has 24 nitrogen and oxygen atoms in total. The van der Waals surface area contributed by atoms with Crippen LogP contribution in [0.1, 0.15) is 313 Å². The quantitative estimate of drug-likeness (QED) is 0.0411. The molecule has 6 radical (unpaired) electrons. The van der Waals surface area contributed by atoms with Crippen molar-refractivity contribution in [1.82, 2.24) is 0 Å². The van der Waals surface area contributed by atoms with Gasteiger partial charge in [0.05, 0.1) is 22.2 Å². The van der Waals surface area contributed by atoms with Crippen LogP contribution in [-0.2, 0) is 102 Å². The van der Waals surface area contributed by atoms with Gasteiger partial charge in [0.2, 0.25) is 0 Å². The summed E-state index contributed by atoms with van der Waals surface area (Å²) in [6.07, 6.45) is 53.0. The summed E-state index contributed by atoms with van der Waals surface area (Å²) in [4.78, 5) is 97.7. The van der Waals surface area contributed by atoms with Crippen molar-refractivity contribution in [3.8, 4) is 0 Å². The Bertz CT molecular complexity index is 2400. The molecular formula is C94H188Cu6N24. The summed E-state index contributed by atoms with van der Waals surface area (Å²) in [5, 5.41) is 0. The van der Waals surface area contributed by atoms with E-state index in [1.54, 1.807) is 177 Å². The molecule has 4 unspecified atom stereocenters. The van der Waals surface area contributed by atoms with Crippen molar-refractivity contribution in [2.24, 2.45) is 120 Å². The number of rotatable bonds is 38. The molecule has 0 spiro atoms. The molecule has 0 saturated carbocycles. The third kappa shape index (κ3) is 240. The van der Waals surface area contributed by atoms with Gasteiger partial charge in [0.1, 0.15) is 0 Å². The van der Waals surface area contributed by atoms with Gasteiger partial charge in [0.15, 0.2) is 0 Å². The summed E-state index contributed by atoms with van der Waals surface area (Å²) < 4.78 is 0. The topological polar surface area (TPSA) is 297 Å². The van der Waals surface area contributed by atoms with E-state index in [0.29, 0.717) is 48.3 Å². The Morgan fingerprint density at radius 2 is 0.323 bits per heavy atom. The summed E-state index contributed by atoms with van der Waals surface area (Å²) >= 11 is 0. The van der Waals surface area contributed by atoms with E-state index in [0.717, 1.165) is 117 Å². The van der Waals surface area contributed by atoms with Crippen LogP contribution in [0.3, 0.4) is 0 Å². The Morgan fingerprint density at radius 3 is 0.427 bits per heavy atom. The first-order chi connectivity index (χ1) is 55.6. The van der Waals surface area contributed by atoms with Gasteiger partial charge in [-0.3, -0.25) is 120 Å². The molecular weight excluding hydrogens is 1850 g/mol. The fourth-order valence-corrected chi connectivity index (χ4v) is 5.11. The minimum absolute atomic E-state index is 0. The van der Waals surface area contributed by atoms with Crippen molar-refractivity contribution in [2.75, 3.05) is 80.5 Å². The molecule has 0 rings (SSSR count). The average molecular weight is 2040 g/mol. The molecule has 0 aromatic rings. The van der Waals surface area contributed by atoms with E-state index < -0.39 is 0 Å². The van der Waals surface area contributed by atoms with Gasteiger partial charge < -0.3 is 0 Å². The maximum Gasteiger partial charge on any atom is 0.0524 e. The molecule has 0 N–H and O–H groups in total.